The van der Waals surface area contributed by atoms with Gasteiger partial charge in [-0.15, -0.1) is 0 Å². The minimum absolute atomic E-state index is 0.0463. The summed E-state index contributed by atoms with van der Waals surface area (Å²) >= 11 is 0. The van der Waals surface area contributed by atoms with Crippen LogP contribution in [0.2, 0.25) is 0 Å². The Balaban J connectivity index is 3.07. The van der Waals surface area contributed by atoms with E-state index in [0.29, 0.717) is 0 Å². The summed E-state index contributed by atoms with van der Waals surface area (Å²) < 4.78 is 38.0. The SMILES string of the molecule is CC(C)C1N(C#N)CCC1(O)C(F)(F)F. The fraction of sp³-hybridized carbons (Fsp3) is 0.889. The Morgan fingerprint density at radius 2 is 2.07 bits per heavy atom. The molecule has 0 aromatic carbocycles. The second kappa shape index (κ2) is 3.56. The number of rotatable bonds is 1. The molecular weight excluding hydrogens is 209 g/mol. The number of likely N-dealkylation sites (tertiary alicyclic amines) is 1. The van der Waals surface area contributed by atoms with Crippen molar-refractivity contribution in [3.05, 3.63) is 0 Å². The molecule has 0 aromatic rings. The maximum Gasteiger partial charge on any atom is 0.419 e. The first-order valence-corrected chi connectivity index (χ1v) is 4.69. The maximum absolute atomic E-state index is 12.7. The molecule has 1 fully saturated rings. The van der Waals surface area contributed by atoms with E-state index < -0.39 is 30.2 Å². The molecule has 0 bridgehead atoms. The lowest BCUT2D eigenvalue weighted by atomic mass is 9.86. The number of hydrogen-bond donors (Lipinski definition) is 1. The molecule has 0 spiro atoms. The Morgan fingerprint density at radius 1 is 1.53 bits per heavy atom. The number of aliphatic hydroxyl groups is 1. The average Bonchev–Trinajstić information content (AvgIpc) is 2.42. The van der Waals surface area contributed by atoms with Crippen LogP contribution in [-0.2, 0) is 0 Å². The highest BCUT2D eigenvalue weighted by Gasteiger charge is 2.63. The third-order valence-electron chi connectivity index (χ3n) is 2.81. The van der Waals surface area contributed by atoms with Gasteiger partial charge in [0.2, 0.25) is 0 Å². The predicted molar refractivity (Wildman–Crippen MR) is 46.6 cm³/mol. The Labute approximate surface area is 86.1 Å². The first-order valence-electron chi connectivity index (χ1n) is 4.69. The molecule has 3 nitrogen and oxygen atoms in total. The van der Waals surface area contributed by atoms with Crippen molar-refractivity contribution in [3.8, 4) is 6.19 Å². The highest BCUT2D eigenvalue weighted by Crippen LogP contribution is 2.44. The maximum atomic E-state index is 12.7. The third kappa shape index (κ3) is 1.76. The summed E-state index contributed by atoms with van der Waals surface area (Å²) in [5, 5.41) is 18.3. The van der Waals surface area contributed by atoms with Crippen molar-refractivity contribution in [2.24, 2.45) is 5.92 Å². The lowest BCUT2D eigenvalue weighted by Crippen LogP contribution is -2.56. The van der Waals surface area contributed by atoms with E-state index in [1.54, 1.807) is 20.0 Å². The topological polar surface area (TPSA) is 47.3 Å². The molecule has 1 aliphatic rings. The van der Waals surface area contributed by atoms with Crippen LogP contribution in [0.5, 0.6) is 0 Å². The van der Waals surface area contributed by atoms with Crippen LogP contribution in [0.3, 0.4) is 0 Å². The highest BCUT2D eigenvalue weighted by atomic mass is 19.4. The zero-order valence-electron chi connectivity index (χ0n) is 8.54. The summed E-state index contributed by atoms with van der Waals surface area (Å²) in [6.45, 7) is 3.09. The van der Waals surface area contributed by atoms with Crippen molar-refractivity contribution in [1.29, 1.82) is 5.26 Å². The summed E-state index contributed by atoms with van der Waals surface area (Å²) in [7, 11) is 0. The van der Waals surface area contributed by atoms with Gasteiger partial charge in [0.15, 0.2) is 11.8 Å². The van der Waals surface area contributed by atoms with Gasteiger partial charge in [-0.3, -0.25) is 0 Å². The smallest absolute Gasteiger partial charge is 0.379 e. The summed E-state index contributed by atoms with van der Waals surface area (Å²) in [4.78, 5) is 1.01. The fourth-order valence-corrected chi connectivity index (χ4v) is 2.17. The monoisotopic (exact) mass is 222 g/mol. The van der Waals surface area contributed by atoms with Crippen molar-refractivity contribution in [2.45, 2.75) is 38.1 Å². The Hall–Kier alpha value is -0.960. The first-order chi connectivity index (χ1) is 6.74. The van der Waals surface area contributed by atoms with Crippen molar-refractivity contribution >= 4 is 0 Å². The third-order valence-corrected chi connectivity index (χ3v) is 2.81. The Kier molecular flexibility index (Phi) is 2.88. The van der Waals surface area contributed by atoms with Gasteiger partial charge < -0.3 is 10.0 Å². The number of alkyl halides is 3. The van der Waals surface area contributed by atoms with Gasteiger partial charge in [0, 0.05) is 13.0 Å². The standard InChI is InChI=1S/C9H13F3N2O/c1-6(2)7-8(15,9(10,11)12)3-4-14(7)5-13/h6-7,15H,3-4H2,1-2H3. The van der Waals surface area contributed by atoms with Gasteiger partial charge >= 0.3 is 6.18 Å². The average molecular weight is 222 g/mol. The van der Waals surface area contributed by atoms with Gasteiger partial charge in [-0.05, 0) is 5.92 Å². The Bertz CT molecular complexity index is 284. The first kappa shape index (κ1) is 12.1. The second-order valence-corrected chi connectivity index (χ2v) is 4.15. The van der Waals surface area contributed by atoms with E-state index >= 15 is 0 Å². The number of hydrogen-bond acceptors (Lipinski definition) is 3. The molecule has 2 atom stereocenters. The molecule has 0 saturated carbocycles. The molecule has 6 heteroatoms. The lowest BCUT2D eigenvalue weighted by molar-refractivity contribution is -0.269. The lowest BCUT2D eigenvalue weighted by Gasteiger charge is -2.35. The minimum Gasteiger partial charge on any atom is -0.379 e. The van der Waals surface area contributed by atoms with Gasteiger partial charge in [-0.2, -0.15) is 18.4 Å². The molecule has 15 heavy (non-hydrogen) atoms. The van der Waals surface area contributed by atoms with Crippen molar-refractivity contribution < 1.29 is 18.3 Å². The van der Waals surface area contributed by atoms with E-state index in [4.69, 9.17) is 5.26 Å². The summed E-state index contributed by atoms with van der Waals surface area (Å²) in [6, 6.07) is -1.18. The molecule has 0 amide bonds. The Morgan fingerprint density at radius 3 is 2.40 bits per heavy atom. The molecule has 86 valence electrons. The summed E-state index contributed by atoms with van der Waals surface area (Å²) in [6.07, 6.45) is -3.43. The minimum atomic E-state index is -4.69. The quantitative estimate of drug-likeness (QED) is 0.684. The number of nitrogens with zero attached hydrogens (tertiary/aromatic N) is 2. The largest absolute Gasteiger partial charge is 0.419 e. The molecule has 1 saturated heterocycles. The molecule has 1 aliphatic heterocycles. The van der Waals surface area contributed by atoms with E-state index in [-0.39, 0.29) is 6.54 Å². The molecule has 1 N–H and O–H groups in total. The molecule has 1 rings (SSSR count). The van der Waals surface area contributed by atoms with E-state index in [2.05, 4.69) is 0 Å². The van der Waals surface area contributed by atoms with Crippen molar-refractivity contribution in [2.75, 3.05) is 6.54 Å². The van der Waals surface area contributed by atoms with E-state index in [9.17, 15) is 18.3 Å². The van der Waals surface area contributed by atoms with E-state index in [1.807, 2.05) is 0 Å². The van der Waals surface area contributed by atoms with Gasteiger partial charge in [0.05, 0.1) is 6.04 Å². The number of nitriles is 1. The normalized spacial score (nSPS) is 32.1. The zero-order valence-corrected chi connectivity index (χ0v) is 8.54. The van der Waals surface area contributed by atoms with E-state index in [0.717, 1.165) is 4.90 Å². The zero-order chi connectivity index (χ0) is 11.9. The van der Waals surface area contributed by atoms with Gasteiger partial charge in [0.1, 0.15) is 0 Å². The van der Waals surface area contributed by atoms with Gasteiger partial charge in [-0.1, -0.05) is 13.8 Å². The van der Waals surface area contributed by atoms with Crippen LogP contribution < -0.4 is 0 Å². The number of halogens is 3. The molecule has 0 aliphatic carbocycles. The van der Waals surface area contributed by atoms with Crippen LogP contribution in [0.25, 0.3) is 0 Å². The molecule has 1 heterocycles. The summed E-state index contributed by atoms with van der Waals surface area (Å²) in [5.74, 6) is -0.432. The van der Waals surface area contributed by atoms with Crippen LogP contribution >= 0.6 is 0 Å². The van der Waals surface area contributed by atoms with Crippen LogP contribution in [0, 0.1) is 17.4 Å². The molecular formula is C9H13F3N2O. The van der Waals surface area contributed by atoms with Crippen LogP contribution in [0.4, 0.5) is 13.2 Å². The highest BCUT2D eigenvalue weighted by molar-refractivity contribution is 5.08. The molecule has 0 radical (unpaired) electrons. The molecule has 0 aromatic heterocycles. The molecule has 2 unspecified atom stereocenters. The predicted octanol–water partition coefficient (Wildman–Crippen LogP) is 1.49. The van der Waals surface area contributed by atoms with Gasteiger partial charge in [-0.25, -0.2) is 0 Å². The van der Waals surface area contributed by atoms with Crippen LogP contribution in [-0.4, -0.2) is 34.4 Å². The van der Waals surface area contributed by atoms with Crippen molar-refractivity contribution in [3.63, 3.8) is 0 Å². The summed E-state index contributed by atoms with van der Waals surface area (Å²) in [5.41, 5.74) is -2.75. The van der Waals surface area contributed by atoms with Crippen molar-refractivity contribution in [1.82, 2.24) is 4.90 Å². The van der Waals surface area contributed by atoms with Gasteiger partial charge in [0.25, 0.3) is 0 Å². The second-order valence-electron chi connectivity index (χ2n) is 4.15. The fourth-order valence-electron chi connectivity index (χ4n) is 2.17. The van der Waals surface area contributed by atoms with E-state index in [1.165, 1.54) is 0 Å². The van der Waals surface area contributed by atoms with Crippen LogP contribution in [0.15, 0.2) is 0 Å². The van der Waals surface area contributed by atoms with Crippen LogP contribution in [0.1, 0.15) is 20.3 Å².